The van der Waals surface area contributed by atoms with Crippen molar-refractivity contribution < 1.29 is 4.74 Å². The van der Waals surface area contributed by atoms with Crippen LogP contribution in [0.5, 0.6) is 0 Å². The van der Waals surface area contributed by atoms with Crippen LogP contribution in [0.2, 0.25) is 0 Å². The lowest BCUT2D eigenvalue weighted by atomic mass is 9.98. The molecule has 0 aliphatic heterocycles. The molecule has 0 fully saturated rings. The van der Waals surface area contributed by atoms with Gasteiger partial charge in [0, 0.05) is 13.7 Å². The van der Waals surface area contributed by atoms with Gasteiger partial charge in [-0.05, 0) is 26.2 Å². The molecule has 0 aromatic carbocycles. The Morgan fingerprint density at radius 3 is 2.73 bits per heavy atom. The molecule has 0 saturated heterocycles. The zero-order valence-electron chi connectivity index (χ0n) is 7.39. The number of hydrogen-bond donors (Lipinski definition) is 0. The molecule has 0 saturated carbocycles. The molecule has 11 heavy (non-hydrogen) atoms. The highest BCUT2D eigenvalue weighted by Crippen LogP contribution is 2.19. The van der Waals surface area contributed by atoms with Crippen LogP contribution in [-0.2, 0) is 4.74 Å². The van der Waals surface area contributed by atoms with Gasteiger partial charge in [0.2, 0.25) is 0 Å². The van der Waals surface area contributed by atoms with Crippen LogP contribution in [0, 0.1) is 0 Å². The van der Waals surface area contributed by atoms with Crippen molar-refractivity contribution in [2.24, 2.45) is 0 Å². The normalized spacial score (nSPS) is 17.6. The smallest absolute Gasteiger partial charge is 0.0499 e. The van der Waals surface area contributed by atoms with E-state index < -0.39 is 0 Å². The molecule has 0 aromatic rings. The summed E-state index contributed by atoms with van der Waals surface area (Å²) < 4.78 is 5.01. The third-order valence-corrected chi connectivity index (χ3v) is 2.07. The highest BCUT2D eigenvalue weighted by atomic mass is 16.5. The van der Waals surface area contributed by atoms with Crippen molar-refractivity contribution in [3.05, 3.63) is 23.3 Å². The molecule has 1 aliphatic rings. The summed E-state index contributed by atoms with van der Waals surface area (Å²) in [7, 11) is 1.75. The second kappa shape index (κ2) is 4.35. The summed E-state index contributed by atoms with van der Waals surface area (Å²) >= 11 is 0. The van der Waals surface area contributed by atoms with Crippen LogP contribution < -0.4 is 0 Å². The van der Waals surface area contributed by atoms with Gasteiger partial charge in [-0.1, -0.05) is 23.3 Å². The number of ether oxygens (including phenoxy) is 1. The maximum Gasteiger partial charge on any atom is 0.0499 e. The average Bonchev–Trinajstić information content (AvgIpc) is 2.04. The van der Waals surface area contributed by atoms with Gasteiger partial charge in [0.05, 0.1) is 0 Å². The zero-order chi connectivity index (χ0) is 8.10. The van der Waals surface area contributed by atoms with Crippen molar-refractivity contribution in [2.75, 3.05) is 13.7 Å². The quantitative estimate of drug-likeness (QED) is 0.604. The van der Waals surface area contributed by atoms with Crippen molar-refractivity contribution >= 4 is 0 Å². The Morgan fingerprint density at radius 1 is 1.36 bits per heavy atom. The third-order valence-electron chi connectivity index (χ3n) is 2.07. The van der Waals surface area contributed by atoms with Crippen molar-refractivity contribution in [2.45, 2.75) is 26.2 Å². The molecule has 1 heteroatoms. The van der Waals surface area contributed by atoms with E-state index in [1.54, 1.807) is 7.11 Å². The molecule has 0 unspecified atom stereocenters. The molecule has 0 bridgehead atoms. The minimum absolute atomic E-state index is 0.860. The lowest BCUT2D eigenvalue weighted by Crippen LogP contribution is -1.95. The predicted octanol–water partition coefficient (Wildman–Crippen LogP) is 2.69. The van der Waals surface area contributed by atoms with Gasteiger partial charge < -0.3 is 4.74 Å². The van der Waals surface area contributed by atoms with Crippen molar-refractivity contribution in [1.82, 2.24) is 0 Å². The lowest BCUT2D eigenvalue weighted by molar-refractivity contribution is 0.201. The summed E-state index contributed by atoms with van der Waals surface area (Å²) in [6.07, 6.45) is 8.01. The van der Waals surface area contributed by atoms with Gasteiger partial charge in [-0.25, -0.2) is 0 Å². The molecule has 1 aliphatic carbocycles. The highest BCUT2D eigenvalue weighted by Gasteiger charge is 2.01. The first-order chi connectivity index (χ1) is 5.33. The molecule has 1 nitrogen and oxygen atoms in total. The fraction of sp³-hybridized carbons (Fsp3) is 0.600. The Bertz CT molecular complexity index is 177. The van der Waals surface area contributed by atoms with Crippen LogP contribution >= 0.6 is 0 Å². The fourth-order valence-corrected chi connectivity index (χ4v) is 1.23. The highest BCUT2D eigenvalue weighted by molar-refractivity contribution is 5.22. The van der Waals surface area contributed by atoms with Gasteiger partial charge in [0.15, 0.2) is 0 Å². The summed E-state index contributed by atoms with van der Waals surface area (Å²) in [5.41, 5.74) is 3.02. The molecule has 0 aromatic heterocycles. The standard InChI is InChI=1S/C10H16O/c1-9-3-5-10(6-4-9)7-8-11-2/h3,5H,4,6-8H2,1-2H3. The van der Waals surface area contributed by atoms with Crippen molar-refractivity contribution in [3.8, 4) is 0 Å². The summed E-state index contributed by atoms with van der Waals surface area (Å²) in [5.74, 6) is 0. The minimum atomic E-state index is 0.860. The zero-order valence-corrected chi connectivity index (χ0v) is 7.39. The predicted molar refractivity (Wildman–Crippen MR) is 47.6 cm³/mol. The first kappa shape index (κ1) is 8.54. The topological polar surface area (TPSA) is 9.23 Å². The molecular weight excluding hydrogens is 136 g/mol. The van der Waals surface area contributed by atoms with Gasteiger partial charge >= 0.3 is 0 Å². The first-order valence-electron chi connectivity index (χ1n) is 4.17. The van der Waals surface area contributed by atoms with Gasteiger partial charge in [0.25, 0.3) is 0 Å². The van der Waals surface area contributed by atoms with E-state index in [0.717, 1.165) is 13.0 Å². The Kier molecular flexibility index (Phi) is 3.37. The fourth-order valence-electron chi connectivity index (χ4n) is 1.23. The van der Waals surface area contributed by atoms with E-state index >= 15 is 0 Å². The van der Waals surface area contributed by atoms with Crippen LogP contribution in [0.4, 0.5) is 0 Å². The van der Waals surface area contributed by atoms with Gasteiger partial charge in [0.1, 0.15) is 0 Å². The number of hydrogen-bond acceptors (Lipinski definition) is 1. The third kappa shape index (κ3) is 2.89. The first-order valence-corrected chi connectivity index (χ1v) is 4.17. The summed E-state index contributed by atoms with van der Waals surface area (Å²) in [6.45, 7) is 3.04. The van der Waals surface area contributed by atoms with E-state index in [-0.39, 0.29) is 0 Å². The molecule has 0 N–H and O–H groups in total. The second-order valence-corrected chi connectivity index (χ2v) is 3.08. The number of rotatable bonds is 3. The van der Waals surface area contributed by atoms with E-state index in [1.165, 1.54) is 24.0 Å². The number of methoxy groups -OCH3 is 1. The molecule has 0 heterocycles. The van der Waals surface area contributed by atoms with E-state index in [4.69, 9.17) is 4.74 Å². The minimum Gasteiger partial charge on any atom is -0.384 e. The monoisotopic (exact) mass is 152 g/mol. The van der Waals surface area contributed by atoms with E-state index in [1.807, 2.05) is 0 Å². The lowest BCUT2D eigenvalue weighted by Gasteiger charge is -2.10. The van der Waals surface area contributed by atoms with Crippen LogP contribution in [0.3, 0.4) is 0 Å². The Morgan fingerprint density at radius 2 is 2.18 bits per heavy atom. The van der Waals surface area contributed by atoms with Gasteiger partial charge in [-0.3, -0.25) is 0 Å². The Labute approximate surface area is 68.8 Å². The largest absolute Gasteiger partial charge is 0.384 e. The van der Waals surface area contributed by atoms with E-state index in [2.05, 4.69) is 19.1 Å². The Hall–Kier alpha value is -0.560. The maximum absolute atomic E-state index is 5.01. The van der Waals surface area contributed by atoms with Crippen LogP contribution in [0.1, 0.15) is 26.2 Å². The van der Waals surface area contributed by atoms with E-state index in [9.17, 15) is 0 Å². The van der Waals surface area contributed by atoms with Crippen molar-refractivity contribution in [1.29, 1.82) is 0 Å². The summed E-state index contributed by atoms with van der Waals surface area (Å²) in [4.78, 5) is 0. The summed E-state index contributed by atoms with van der Waals surface area (Å²) in [5, 5.41) is 0. The van der Waals surface area contributed by atoms with Gasteiger partial charge in [-0.2, -0.15) is 0 Å². The van der Waals surface area contributed by atoms with Crippen LogP contribution in [0.25, 0.3) is 0 Å². The van der Waals surface area contributed by atoms with Crippen molar-refractivity contribution in [3.63, 3.8) is 0 Å². The molecule has 1 rings (SSSR count). The molecule has 62 valence electrons. The number of allylic oxidation sites excluding steroid dienone is 3. The maximum atomic E-state index is 5.01. The molecule has 0 spiro atoms. The second-order valence-electron chi connectivity index (χ2n) is 3.08. The average molecular weight is 152 g/mol. The van der Waals surface area contributed by atoms with Crippen LogP contribution in [0.15, 0.2) is 23.3 Å². The van der Waals surface area contributed by atoms with Crippen LogP contribution in [-0.4, -0.2) is 13.7 Å². The van der Waals surface area contributed by atoms with Gasteiger partial charge in [-0.15, -0.1) is 0 Å². The molecule has 0 atom stereocenters. The van der Waals surface area contributed by atoms with E-state index in [0.29, 0.717) is 0 Å². The molecular formula is C10H16O. The Balaban J connectivity index is 2.35. The molecule has 0 amide bonds. The summed E-state index contributed by atoms with van der Waals surface area (Å²) in [6, 6.07) is 0. The molecule has 0 radical (unpaired) electrons. The SMILES string of the molecule is COCCC1=CC=C(C)CC1.